The summed E-state index contributed by atoms with van der Waals surface area (Å²) in [6, 6.07) is 4.84. The molecular weight excluding hydrogens is 308 g/mol. The molecule has 0 aromatic heterocycles. The molecule has 6 heteroatoms. The van der Waals surface area contributed by atoms with Gasteiger partial charge in [0, 0.05) is 12.6 Å². The highest BCUT2D eigenvalue weighted by Crippen LogP contribution is 2.35. The van der Waals surface area contributed by atoms with Crippen molar-refractivity contribution in [2.45, 2.75) is 50.6 Å². The minimum Gasteiger partial charge on any atom is -0.326 e. The first-order chi connectivity index (χ1) is 9.89. The maximum atomic E-state index is 12.5. The van der Waals surface area contributed by atoms with Gasteiger partial charge < -0.3 is 5.73 Å². The molecule has 1 aromatic carbocycles. The van der Waals surface area contributed by atoms with E-state index in [0.717, 1.165) is 24.8 Å². The highest BCUT2D eigenvalue weighted by molar-refractivity contribution is 7.89. The molecule has 1 aromatic rings. The van der Waals surface area contributed by atoms with E-state index >= 15 is 0 Å². The van der Waals surface area contributed by atoms with E-state index in [-0.39, 0.29) is 16.0 Å². The van der Waals surface area contributed by atoms with Gasteiger partial charge >= 0.3 is 0 Å². The number of rotatable bonds is 5. The van der Waals surface area contributed by atoms with Gasteiger partial charge in [0.05, 0.1) is 5.02 Å². The fraction of sp³-hybridized carbons (Fsp3) is 0.600. The van der Waals surface area contributed by atoms with Crippen LogP contribution >= 0.6 is 11.6 Å². The second-order valence-corrected chi connectivity index (χ2v) is 7.89. The number of sulfonamides is 1. The minimum absolute atomic E-state index is 0.00907. The van der Waals surface area contributed by atoms with Crippen molar-refractivity contribution in [2.75, 3.05) is 0 Å². The van der Waals surface area contributed by atoms with Crippen LogP contribution in [0, 0.1) is 11.8 Å². The number of hydrogen-bond donors (Lipinski definition) is 2. The van der Waals surface area contributed by atoms with Gasteiger partial charge in [-0.3, -0.25) is 0 Å². The molecule has 1 aliphatic carbocycles. The Balaban J connectivity index is 2.19. The fourth-order valence-corrected chi connectivity index (χ4v) is 5.07. The quantitative estimate of drug-likeness (QED) is 0.872. The topological polar surface area (TPSA) is 72.2 Å². The summed E-state index contributed by atoms with van der Waals surface area (Å²) in [5.74, 6) is 0.944. The number of halogens is 1. The molecule has 1 aliphatic rings. The third-order valence-electron chi connectivity index (χ3n) is 4.58. The number of nitrogens with one attached hydrogen (secondary N) is 1. The minimum atomic E-state index is -3.59. The highest BCUT2D eigenvalue weighted by Gasteiger charge is 2.34. The van der Waals surface area contributed by atoms with Crippen LogP contribution in [0.25, 0.3) is 0 Å². The van der Waals surface area contributed by atoms with Gasteiger partial charge in [0.1, 0.15) is 4.90 Å². The molecule has 3 atom stereocenters. The van der Waals surface area contributed by atoms with Gasteiger partial charge in [-0.05, 0) is 42.4 Å². The molecule has 0 saturated heterocycles. The maximum Gasteiger partial charge on any atom is 0.242 e. The molecule has 0 radical (unpaired) electrons. The van der Waals surface area contributed by atoms with Crippen molar-refractivity contribution in [2.24, 2.45) is 17.6 Å². The molecule has 0 amide bonds. The standard InChI is InChI=1S/C15H23ClN2O2S/c1-3-12-5-6-14(10(12)2)18-21(19,20)15-7-4-11(9-17)8-13(15)16/h4,7-8,10,12,14,18H,3,5-6,9,17H2,1-2H3. The van der Waals surface area contributed by atoms with E-state index in [1.807, 2.05) is 0 Å². The Labute approximate surface area is 132 Å². The Hall–Kier alpha value is -0.620. The van der Waals surface area contributed by atoms with Crippen LogP contribution in [-0.4, -0.2) is 14.5 Å². The zero-order valence-electron chi connectivity index (χ0n) is 12.5. The second-order valence-electron chi connectivity index (χ2n) is 5.80. The van der Waals surface area contributed by atoms with Gasteiger partial charge in [-0.2, -0.15) is 0 Å². The zero-order chi connectivity index (χ0) is 15.6. The predicted molar refractivity (Wildman–Crippen MR) is 85.6 cm³/mol. The summed E-state index contributed by atoms with van der Waals surface area (Å²) in [4.78, 5) is 0.133. The lowest BCUT2D eigenvalue weighted by atomic mass is 9.94. The summed E-state index contributed by atoms with van der Waals surface area (Å²) in [6.07, 6.45) is 3.05. The monoisotopic (exact) mass is 330 g/mol. The summed E-state index contributed by atoms with van der Waals surface area (Å²) in [5.41, 5.74) is 6.35. The Kier molecular flexibility index (Phi) is 5.30. The van der Waals surface area contributed by atoms with E-state index in [0.29, 0.717) is 18.4 Å². The van der Waals surface area contributed by atoms with Gasteiger partial charge in [0.15, 0.2) is 0 Å². The van der Waals surface area contributed by atoms with E-state index in [1.54, 1.807) is 12.1 Å². The normalized spacial score (nSPS) is 26.2. The Morgan fingerprint density at radius 2 is 2.10 bits per heavy atom. The lowest BCUT2D eigenvalue weighted by Gasteiger charge is -2.21. The Bertz CT molecular complexity index is 604. The zero-order valence-corrected chi connectivity index (χ0v) is 14.0. The largest absolute Gasteiger partial charge is 0.326 e. The third kappa shape index (κ3) is 3.59. The summed E-state index contributed by atoms with van der Waals surface area (Å²) in [7, 11) is -3.59. The van der Waals surface area contributed by atoms with Crippen molar-refractivity contribution in [3.63, 3.8) is 0 Å². The average Bonchev–Trinajstić information content (AvgIpc) is 2.78. The number of benzene rings is 1. The van der Waals surface area contributed by atoms with Crippen LogP contribution in [0.5, 0.6) is 0 Å². The lowest BCUT2D eigenvalue weighted by molar-refractivity contribution is 0.368. The van der Waals surface area contributed by atoms with Crippen molar-refractivity contribution in [1.29, 1.82) is 0 Å². The van der Waals surface area contributed by atoms with E-state index in [1.165, 1.54) is 6.07 Å². The van der Waals surface area contributed by atoms with Crippen LogP contribution in [0.3, 0.4) is 0 Å². The van der Waals surface area contributed by atoms with Gasteiger partial charge in [-0.1, -0.05) is 37.9 Å². The molecule has 0 bridgehead atoms. The van der Waals surface area contributed by atoms with Crippen LogP contribution in [0.4, 0.5) is 0 Å². The molecule has 4 nitrogen and oxygen atoms in total. The van der Waals surface area contributed by atoms with Crippen molar-refractivity contribution >= 4 is 21.6 Å². The number of nitrogens with two attached hydrogens (primary N) is 1. The Morgan fingerprint density at radius 3 is 2.62 bits per heavy atom. The smallest absolute Gasteiger partial charge is 0.242 e. The van der Waals surface area contributed by atoms with Crippen LogP contribution < -0.4 is 10.5 Å². The maximum absolute atomic E-state index is 12.5. The van der Waals surface area contributed by atoms with Gasteiger partial charge in [0.25, 0.3) is 0 Å². The van der Waals surface area contributed by atoms with E-state index in [2.05, 4.69) is 18.6 Å². The molecule has 21 heavy (non-hydrogen) atoms. The first kappa shape index (κ1) is 16.7. The van der Waals surface area contributed by atoms with E-state index < -0.39 is 10.0 Å². The van der Waals surface area contributed by atoms with Gasteiger partial charge in [-0.25, -0.2) is 13.1 Å². The molecular formula is C15H23ClN2O2S. The van der Waals surface area contributed by atoms with Gasteiger partial charge in [0.2, 0.25) is 10.0 Å². The molecule has 0 heterocycles. The van der Waals surface area contributed by atoms with Crippen molar-refractivity contribution < 1.29 is 8.42 Å². The second kappa shape index (κ2) is 6.65. The average molecular weight is 331 g/mol. The first-order valence-corrected chi connectivity index (χ1v) is 9.26. The summed E-state index contributed by atoms with van der Waals surface area (Å²) in [6.45, 7) is 4.61. The van der Waals surface area contributed by atoms with Crippen LogP contribution in [0.1, 0.15) is 38.7 Å². The van der Waals surface area contributed by atoms with Crippen LogP contribution in [0.2, 0.25) is 5.02 Å². The predicted octanol–water partition coefficient (Wildman–Crippen LogP) is 2.90. The lowest BCUT2D eigenvalue weighted by Crippen LogP contribution is -2.37. The van der Waals surface area contributed by atoms with E-state index in [4.69, 9.17) is 17.3 Å². The summed E-state index contributed by atoms with van der Waals surface area (Å²) >= 11 is 6.10. The fourth-order valence-electron chi connectivity index (χ4n) is 3.14. The molecule has 2 rings (SSSR count). The van der Waals surface area contributed by atoms with Crippen molar-refractivity contribution in [3.8, 4) is 0 Å². The number of hydrogen-bond acceptors (Lipinski definition) is 3. The molecule has 0 aliphatic heterocycles. The SMILES string of the molecule is CCC1CCC(NS(=O)(=O)c2ccc(CN)cc2Cl)C1C. The molecule has 3 unspecified atom stereocenters. The summed E-state index contributed by atoms with van der Waals surface area (Å²) < 4.78 is 27.9. The molecule has 118 valence electrons. The summed E-state index contributed by atoms with van der Waals surface area (Å²) in [5, 5.41) is 0.225. The highest BCUT2D eigenvalue weighted by atomic mass is 35.5. The van der Waals surface area contributed by atoms with Crippen LogP contribution in [-0.2, 0) is 16.6 Å². The first-order valence-electron chi connectivity index (χ1n) is 7.39. The van der Waals surface area contributed by atoms with Crippen molar-refractivity contribution in [1.82, 2.24) is 4.72 Å². The third-order valence-corrected chi connectivity index (χ3v) is 6.55. The molecule has 1 fully saturated rings. The molecule has 0 spiro atoms. The van der Waals surface area contributed by atoms with Crippen molar-refractivity contribution in [3.05, 3.63) is 28.8 Å². The Morgan fingerprint density at radius 1 is 1.38 bits per heavy atom. The molecule has 3 N–H and O–H groups in total. The van der Waals surface area contributed by atoms with Crippen LogP contribution in [0.15, 0.2) is 23.1 Å². The molecule has 1 saturated carbocycles. The van der Waals surface area contributed by atoms with E-state index in [9.17, 15) is 8.42 Å². The van der Waals surface area contributed by atoms with Gasteiger partial charge in [-0.15, -0.1) is 0 Å².